The standard InChI is InChI=1S/C15H22ClNO/c1-5-13(10-16)17-14(18)11-6-8-12(9-7-11)15(2,3)4/h6-9,13H,5,10H2,1-4H3,(H,17,18). The molecule has 0 spiro atoms. The zero-order valence-electron chi connectivity index (χ0n) is 11.6. The quantitative estimate of drug-likeness (QED) is 0.828. The molecule has 0 aromatic heterocycles. The van der Waals surface area contributed by atoms with Crippen LogP contribution in [0.25, 0.3) is 0 Å². The first-order valence-electron chi connectivity index (χ1n) is 6.36. The lowest BCUT2D eigenvalue weighted by molar-refractivity contribution is 0.0939. The van der Waals surface area contributed by atoms with Crippen molar-refractivity contribution in [2.75, 3.05) is 5.88 Å². The smallest absolute Gasteiger partial charge is 0.251 e. The van der Waals surface area contributed by atoms with Gasteiger partial charge in [0, 0.05) is 17.5 Å². The van der Waals surface area contributed by atoms with E-state index in [-0.39, 0.29) is 17.4 Å². The third kappa shape index (κ3) is 4.02. The van der Waals surface area contributed by atoms with Crippen molar-refractivity contribution in [1.82, 2.24) is 5.32 Å². The van der Waals surface area contributed by atoms with Crippen molar-refractivity contribution in [3.63, 3.8) is 0 Å². The minimum atomic E-state index is -0.0528. The number of amides is 1. The molecule has 1 atom stereocenters. The molecule has 0 saturated carbocycles. The molecule has 1 aromatic rings. The van der Waals surface area contributed by atoms with Gasteiger partial charge in [0.25, 0.3) is 5.91 Å². The molecule has 3 heteroatoms. The summed E-state index contributed by atoms with van der Waals surface area (Å²) in [7, 11) is 0. The van der Waals surface area contributed by atoms with Gasteiger partial charge in [0.2, 0.25) is 0 Å². The van der Waals surface area contributed by atoms with Crippen LogP contribution in [0, 0.1) is 0 Å². The summed E-state index contributed by atoms with van der Waals surface area (Å²) in [5, 5.41) is 2.92. The van der Waals surface area contributed by atoms with Crippen molar-refractivity contribution < 1.29 is 4.79 Å². The van der Waals surface area contributed by atoms with Gasteiger partial charge in [0.15, 0.2) is 0 Å². The van der Waals surface area contributed by atoms with Crippen molar-refractivity contribution in [2.24, 2.45) is 0 Å². The highest BCUT2D eigenvalue weighted by Gasteiger charge is 2.15. The second-order valence-electron chi connectivity index (χ2n) is 5.56. The summed E-state index contributed by atoms with van der Waals surface area (Å²) >= 11 is 5.77. The van der Waals surface area contributed by atoms with E-state index in [9.17, 15) is 4.79 Å². The molecular formula is C15H22ClNO. The van der Waals surface area contributed by atoms with Crippen LogP contribution in [0.3, 0.4) is 0 Å². The van der Waals surface area contributed by atoms with Gasteiger partial charge < -0.3 is 5.32 Å². The summed E-state index contributed by atoms with van der Waals surface area (Å²) in [6.07, 6.45) is 0.843. The Morgan fingerprint density at radius 3 is 2.22 bits per heavy atom. The van der Waals surface area contributed by atoms with Crippen LogP contribution in [0.5, 0.6) is 0 Å². The minimum absolute atomic E-state index is 0.0430. The second-order valence-corrected chi connectivity index (χ2v) is 5.87. The molecule has 0 aliphatic rings. The van der Waals surface area contributed by atoms with Gasteiger partial charge >= 0.3 is 0 Å². The maximum absolute atomic E-state index is 12.0. The summed E-state index contributed by atoms with van der Waals surface area (Å²) in [6, 6.07) is 7.81. The first-order valence-corrected chi connectivity index (χ1v) is 6.89. The lowest BCUT2D eigenvalue weighted by Crippen LogP contribution is -2.35. The number of halogens is 1. The molecule has 18 heavy (non-hydrogen) atoms. The number of alkyl halides is 1. The number of hydrogen-bond acceptors (Lipinski definition) is 1. The normalized spacial score (nSPS) is 13.2. The Kier molecular flexibility index (Phi) is 5.21. The fourth-order valence-corrected chi connectivity index (χ4v) is 1.94. The van der Waals surface area contributed by atoms with Gasteiger partial charge in [-0.1, -0.05) is 39.8 Å². The highest BCUT2D eigenvalue weighted by molar-refractivity contribution is 6.18. The minimum Gasteiger partial charge on any atom is -0.348 e. The number of hydrogen-bond donors (Lipinski definition) is 1. The lowest BCUT2D eigenvalue weighted by Gasteiger charge is -2.19. The van der Waals surface area contributed by atoms with Gasteiger partial charge in [-0.05, 0) is 29.5 Å². The highest BCUT2D eigenvalue weighted by Crippen LogP contribution is 2.22. The largest absolute Gasteiger partial charge is 0.348 e. The van der Waals surface area contributed by atoms with Crippen molar-refractivity contribution in [3.8, 4) is 0 Å². The molecular weight excluding hydrogens is 246 g/mol. The van der Waals surface area contributed by atoms with Crippen LogP contribution in [-0.2, 0) is 5.41 Å². The molecule has 0 aliphatic carbocycles. The van der Waals surface area contributed by atoms with E-state index in [0.717, 1.165) is 6.42 Å². The van der Waals surface area contributed by atoms with Crippen LogP contribution >= 0.6 is 11.6 Å². The predicted molar refractivity (Wildman–Crippen MR) is 77.4 cm³/mol. The van der Waals surface area contributed by atoms with E-state index < -0.39 is 0 Å². The molecule has 1 aromatic carbocycles. The Balaban J connectivity index is 2.76. The van der Waals surface area contributed by atoms with E-state index >= 15 is 0 Å². The van der Waals surface area contributed by atoms with Crippen molar-refractivity contribution in [1.29, 1.82) is 0 Å². The van der Waals surface area contributed by atoms with Crippen LogP contribution in [0.1, 0.15) is 50.0 Å². The van der Waals surface area contributed by atoms with E-state index in [1.54, 1.807) is 0 Å². The maximum Gasteiger partial charge on any atom is 0.251 e. The average molecular weight is 268 g/mol. The first-order chi connectivity index (χ1) is 8.38. The van der Waals surface area contributed by atoms with Crippen LogP contribution in [0.4, 0.5) is 0 Å². The van der Waals surface area contributed by atoms with Gasteiger partial charge in [-0.15, -0.1) is 11.6 Å². The third-order valence-electron chi connectivity index (χ3n) is 3.03. The summed E-state index contributed by atoms with van der Waals surface area (Å²) in [4.78, 5) is 12.0. The van der Waals surface area contributed by atoms with Crippen molar-refractivity contribution in [3.05, 3.63) is 35.4 Å². The number of carbonyl (C=O) groups excluding carboxylic acids is 1. The molecule has 1 N–H and O–H groups in total. The van der Waals surface area contributed by atoms with E-state index in [4.69, 9.17) is 11.6 Å². The summed E-state index contributed by atoms with van der Waals surface area (Å²) in [5.74, 6) is 0.394. The topological polar surface area (TPSA) is 29.1 Å². The number of nitrogens with one attached hydrogen (secondary N) is 1. The molecule has 1 unspecified atom stereocenters. The fraction of sp³-hybridized carbons (Fsp3) is 0.533. The van der Waals surface area contributed by atoms with E-state index in [2.05, 4.69) is 26.1 Å². The number of benzene rings is 1. The Hall–Kier alpha value is -1.02. The van der Waals surface area contributed by atoms with Gasteiger partial charge in [0.1, 0.15) is 0 Å². The first kappa shape index (κ1) is 15.0. The molecule has 1 rings (SSSR count). The third-order valence-corrected chi connectivity index (χ3v) is 3.40. The van der Waals surface area contributed by atoms with Crippen molar-refractivity contribution in [2.45, 2.75) is 45.6 Å². The van der Waals surface area contributed by atoms with Crippen LogP contribution in [0.15, 0.2) is 24.3 Å². The molecule has 0 fully saturated rings. The van der Waals surface area contributed by atoms with E-state index in [1.807, 2.05) is 31.2 Å². The van der Waals surface area contributed by atoms with Gasteiger partial charge in [-0.2, -0.15) is 0 Å². The Morgan fingerprint density at radius 1 is 1.28 bits per heavy atom. The Bertz CT molecular complexity index is 388. The van der Waals surface area contributed by atoms with Crippen LogP contribution in [0.2, 0.25) is 0 Å². The van der Waals surface area contributed by atoms with E-state index in [0.29, 0.717) is 11.4 Å². The van der Waals surface area contributed by atoms with E-state index in [1.165, 1.54) is 5.56 Å². The summed E-state index contributed by atoms with van der Waals surface area (Å²) in [6.45, 7) is 8.48. The fourth-order valence-electron chi connectivity index (χ4n) is 1.64. The summed E-state index contributed by atoms with van der Waals surface area (Å²) < 4.78 is 0. The summed E-state index contributed by atoms with van der Waals surface area (Å²) in [5.41, 5.74) is 2.02. The Labute approximate surface area is 115 Å². The molecule has 0 bridgehead atoms. The van der Waals surface area contributed by atoms with Crippen LogP contribution in [-0.4, -0.2) is 17.8 Å². The molecule has 0 heterocycles. The number of rotatable bonds is 4. The SMILES string of the molecule is CCC(CCl)NC(=O)c1ccc(C(C)(C)C)cc1. The van der Waals surface area contributed by atoms with Gasteiger partial charge in [0.05, 0.1) is 0 Å². The zero-order chi connectivity index (χ0) is 13.8. The molecule has 0 radical (unpaired) electrons. The van der Waals surface area contributed by atoms with Crippen LogP contribution < -0.4 is 5.32 Å². The zero-order valence-corrected chi connectivity index (χ0v) is 12.3. The monoisotopic (exact) mass is 267 g/mol. The second kappa shape index (κ2) is 6.24. The molecule has 1 amide bonds. The van der Waals surface area contributed by atoms with Crippen molar-refractivity contribution >= 4 is 17.5 Å². The number of carbonyl (C=O) groups is 1. The molecule has 100 valence electrons. The Morgan fingerprint density at radius 2 is 1.83 bits per heavy atom. The molecule has 0 saturated heterocycles. The highest BCUT2D eigenvalue weighted by atomic mass is 35.5. The molecule has 2 nitrogen and oxygen atoms in total. The maximum atomic E-state index is 12.0. The lowest BCUT2D eigenvalue weighted by atomic mass is 9.86. The average Bonchev–Trinajstić information content (AvgIpc) is 2.34. The molecule has 0 aliphatic heterocycles. The predicted octanol–water partition coefficient (Wildman–Crippen LogP) is 3.73. The van der Waals surface area contributed by atoms with Gasteiger partial charge in [-0.25, -0.2) is 0 Å². The van der Waals surface area contributed by atoms with Gasteiger partial charge in [-0.3, -0.25) is 4.79 Å².